The van der Waals surface area contributed by atoms with Crippen LogP contribution in [-0.4, -0.2) is 18.2 Å². The molecule has 5 nitrogen and oxygen atoms in total. The lowest BCUT2D eigenvalue weighted by Crippen LogP contribution is -2.07. The minimum Gasteiger partial charge on any atom is -0.437 e. The van der Waals surface area contributed by atoms with Crippen LogP contribution >= 0.6 is 0 Å². The van der Waals surface area contributed by atoms with Crippen LogP contribution in [0, 0.1) is 6.92 Å². The molecule has 0 aliphatic carbocycles. The van der Waals surface area contributed by atoms with Crippen molar-refractivity contribution in [2.24, 2.45) is 0 Å². The van der Waals surface area contributed by atoms with Crippen molar-refractivity contribution < 1.29 is 31.9 Å². The number of alkyl halides is 3. The first-order chi connectivity index (χ1) is 9.81. The molecule has 1 aromatic carbocycles. The highest BCUT2D eigenvalue weighted by Gasteiger charge is 2.30. The molecular formula is C13H10F3NO4. The number of methoxy groups -OCH3 is 1. The molecule has 0 amide bonds. The summed E-state index contributed by atoms with van der Waals surface area (Å²) in [5, 5.41) is 0. The smallest absolute Gasteiger partial charge is 0.437 e. The van der Waals surface area contributed by atoms with E-state index >= 15 is 0 Å². The van der Waals surface area contributed by atoms with Gasteiger partial charge >= 0.3 is 18.3 Å². The van der Waals surface area contributed by atoms with Gasteiger partial charge in [0.1, 0.15) is 5.69 Å². The Balaban J connectivity index is 2.26. The Bertz CT molecular complexity index is 646. The third-order valence-corrected chi connectivity index (χ3v) is 2.56. The number of benzene rings is 1. The molecule has 0 spiro atoms. The molecule has 0 unspecified atom stereocenters. The number of oxazole rings is 1. The Labute approximate surface area is 117 Å². The quantitative estimate of drug-likeness (QED) is 0.789. The molecule has 2 rings (SSSR count). The van der Waals surface area contributed by atoms with Gasteiger partial charge in [0.15, 0.2) is 0 Å². The fraction of sp³-hybridized carbons (Fsp3) is 0.231. The molecule has 112 valence electrons. The Hall–Kier alpha value is -2.51. The van der Waals surface area contributed by atoms with Gasteiger partial charge in [-0.25, -0.2) is 9.78 Å². The summed E-state index contributed by atoms with van der Waals surface area (Å²) in [5.74, 6) is -0.128. The van der Waals surface area contributed by atoms with E-state index < -0.39 is 17.9 Å². The van der Waals surface area contributed by atoms with Crippen LogP contribution < -0.4 is 4.74 Å². The van der Waals surface area contributed by atoms with E-state index in [1.807, 2.05) is 0 Å². The number of hydrogen-bond donors (Lipinski definition) is 0. The zero-order valence-corrected chi connectivity index (χ0v) is 11.0. The van der Waals surface area contributed by atoms with Gasteiger partial charge in [0.2, 0.25) is 5.89 Å². The van der Waals surface area contributed by atoms with Crippen molar-refractivity contribution in [1.82, 2.24) is 4.98 Å². The number of nitrogens with zero attached hydrogens (tertiary/aromatic N) is 1. The molecule has 8 heteroatoms. The Morgan fingerprint density at radius 3 is 2.38 bits per heavy atom. The summed E-state index contributed by atoms with van der Waals surface area (Å²) in [5.41, 5.74) is -0.179. The highest BCUT2D eigenvalue weighted by molar-refractivity contribution is 5.63. The molecule has 0 aliphatic heterocycles. The van der Waals surface area contributed by atoms with Gasteiger partial charge in [0, 0.05) is 5.56 Å². The van der Waals surface area contributed by atoms with Gasteiger partial charge in [-0.15, -0.1) is 0 Å². The van der Waals surface area contributed by atoms with E-state index in [9.17, 15) is 18.0 Å². The summed E-state index contributed by atoms with van der Waals surface area (Å²) >= 11 is 0. The van der Waals surface area contributed by atoms with E-state index in [2.05, 4.69) is 9.72 Å². The first-order valence-electron chi connectivity index (χ1n) is 5.72. The van der Waals surface area contributed by atoms with Crippen LogP contribution in [0.2, 0.25) is 0 Å². The number of aromatic nitrogens is 1. The second kappa shape index (κ2) is 5.47. The minimum absolute atomic E-state index is 0.0418. The first kappa shape index (κ1) is 14.9. The topological polar surface area (TPSA) is 61.6 Å². The van der Waals surface area contributed by atoms with Gasteiger partial charge in [0.05, 0.1) is 12.7 Å². The largest absolute Gasteiger partial charge is 0.516 e. The Morgan fingerprint density at radius 2 is 1.86 bits per heavy atom. The van der Waals surface area contributed by atoms with Gasteiger partial charge in [0.25, 0.3) is 0 Å². The van der Waals surface area contributed by atoms with E-state index in [0.717, 1.165) is 19.2 Å². The van der Waals surface area contributed by atoms with Crippen molar-refractivity contribution in [2.75, 3.05) is 7.11 Å². The van der Waals surface area contributed by atoms with E-state index in [1.165, 1.54) is 19.1 Å². The van der Waals surface area contributed by atoms with E-state index in [0.29, 0.717) is 5.56 Å². The van der Waals surface area contributed by atoms with Crippen molar-refractivity contribution in [1.29, 1.82) is 0 Å². The summed E-state index contributed by atoms with van der Waals surface area (Å²) < 4.78 is 51.6. The third kappa shape index (κ3) is 3.33. The van der Waals surface area contributed by atoms with Crippen LogP contribution in [0.3, 0.4) is 0 Å². The fourth-order valence-corrected chi connectivity index (χ4v) is 1.52. The average molecular weight is 301 g/mol. The lowest BCUT2D eigenvalue weighted by molar-refractivity contribution is -0.137. The molecule has 0 saturated heterocycles. The normalized spacial score (nSPS) is 11.3. The van der Waals surface area contributed by atoms with Crippen molar-refractivity contribution in [3.05, 3.63) is 35.5 Å². The highest BCUT2D eigenvalue weighted by Crippen LogP contribution is 2.32. The van der Waals surface area contributed by atoms with Crippen LogP contribution in [-0.2, 0) is 10.9 Å². The number of aryl methyl sites for hydroxylation is 1. The first-order valence-corrected chi connectivity index (χ1v) is 5.72. The maximum absolute atomic E-state index is 12.5. The summed E-state index contributed by atoms with van der Waals surface area (Å²) in [6.07, 6.45) is -5.39. The van der Waals surface area contributed by atoms with Gasteiger partial charge in [-0.2, -0.15) is 13.2 Å². The van der Waals surface area contributed by atoms with Gasteiger partial charge in [-0.05, 0) is 31.2 Å². The highest BCUT2D eigenvalue weighted by atomic mass is 19.4. The van der Waals surface area contributed by atoms with Crippen LogP contribution in [0.15, 0.2) is 28.7 Å². The molecule has 0 radical (unpaired) electrons. The second-order valence-electron chi connectivity index (χ2n) is 4.02. The van der Waals surface area contributed by atoms with Crippen molar-refractivity contribution in [3.63, 3.8) is 0 Å². The summed E-state index contributed by atoms with van der Waals surface area (Å²) in [6, 6.07) is 4.26. The van der Waals surface area contributed by atoms with Crippen LogP contribution in [0.25, 0.3) is 11.5 Å². The van der Waals surface area contributed by atoms with Gasteiger partial charge < -0.3 is 13.9 Å². The van der Waals surface area contributed by atoms with Crippen LogP contribution in [0.4, 0.5) is 18.0 Å². The molecule has 0 N–H and O–H groups in total. The molecule has 21 heavy (non-hydrogen) atoms. The number of ether oxygens (including phenoxy) is 2. The predicted octanol–water partition coefficient (Wildman–Crippen LogP) is 3.81. The number of hydrogen-bond acceptors (Lipinski definition) is 5. The van der Waals surface area contributed by atoms with Crippen molar-refractivity contribution in [3.8, 4) is 17.4 Å². The zero-order chi connectivity index (χ0) is 15.6. The number of carbonyl (C=O) groups excluding carboxylic acids is 1. The molecule has 1 heterocycles. The van der Waals surface area contributed by atoms with Crippen molar-refractivity contribution in [2.45, 2.75) is 13.1 Å². The van der Waals surface area contributed by atoms with E-state index in [-0.39, 0.29) is 17.5 Å². The van der Waals surface area contributed by atoms with E-state index in [1.54, 1.807) is 0 Å². The Kier molecular flexibility index (Phi) is 3.88. The predicted molar refractivity (Wildman–Crippen MR) is 64.7 cm³/mol. The number of carbonyl (C=O) groups is 1. The molecule has 0 atom stereocenters. The Morgan fingerprint density at radius 1 is 1.24 bits per heavy atom. The monoisotopic (exact) mass is 301 g/mol. The molecule has 0 saturated carbocycles. The lowest BCUT2D eigenvalue weighted by Gasteiger charge is -2.06. The second-order valence-corrected chi connectivity index (χ2v) is 4.02. The van der Waals surface area contributed by atoms with Gasteiger partial charge in [-0.3, -0.25) is 0 Å². The minimum atomic E-state index is -4.41. The standard InChI is InChI=1S/C13H10F3NO4/c1-7-11(21-12(18)19-2)20-10(17-7)8-3-5-9(6-4-8)13(14,15)16/h3-6H,1-2H3. The average Bonchev–Trinajstić information content (AvgIpc) is 2.79. The van der Waals surface area contributed by atoms with Crippen LogP contribution in [0.5, 0.6) is 5.95 Å². The maximum Gasteiger partial charge on any atom is 0.516 e. The number of rotatable bonds is 2. The van der Waals surface area contributed by atoms with E-state index in [4.69, 9.17) is 9.15 Å². The lowest BCUT2D eigenvalue weighted by atomic mass is 10.1. The SMILES string of the molecule is COC(=O)Oc1oc(-c2ccc(C(F)(F)F)cc2)nc1C. The molecule has 0 aliphatic rings. The summed E-state index contributed by atoms with van der Waals surface area (Å²) in [4.78, 5) is 15.0. The third-order valence-electron chi connectivity index (χ3n) is 2.56. The van der Waals surface area contributed by atoms with Gasteiger partial charge in [-0.1, -0.05) is 0 Å². The molecule has 0 bridgehead atoms. The maximum atomic E-state index is 12.5. The number of halogens is 3. The fourth-order valence-electron chi connectivity index (χ4n) is 1.52. The molecular weight excluding hydrogens is 291 g/mol. The van der Waals surface area contributed by atoms with Crippen molar-refractivity contribution >= 4 is 6.16 Å². The molecule has 0 fully saturated rings. The van der Waals surface area contributed by atoms with Crippen LogP contribution in [0.1, 0.15) is 11.3 Å². The summed E-state index contributed by atoms with van der Waals surface area (Å²) in [7, 11) is 1.13. The molecule has 1 aromatic heterocycles. The molecule has 2 aromatic rings. The zero-order valence-electron chi connectivity index (χ0n) is 11.0. The summed E-state index contributed by atoms with van der Waals surface area (Å²) in [6.45, 7) is 1.52.